The number of rotatable bonds is 4. The molecule has 1 amide bonds. The van der Waals surface area contributed by atoms with Crippen LogP contribution in [0.5, 0.6) is 5.75 Å². The highest BCUT2D eigenvalue weighted by atomic mass is 16.5. The molecule has 0 aliphatic rings. The zero-order valence-corrected chi connectivity index (χ0v) is 9.65. The Hall–Kier alpha value is -2.24. The molecule has 17 heavy (non-hydrogen) atoms. The molecule has 0 aromatic heterocycles. The Kier molecular flexibility index (Phi) is 4.33. The van der Waals surface area contributed by atoms with Crippen LogP contribution in [0.4, 0.5) is 5.69 Å². The zero-order valence-electron chi connectivity index (χ0n) is 9.65. The van der Waals surface area contributed by atoms with Gasteiger partial charge in [-0.05, 0) is 18.2 Å². The quantitative estimate of drug-likeness (QED) is 0.576. The van der Waals surface area contributed by atoms with E-state index < -0.39 is 11.9 Å². The highest BCUT2D eigenvalue weighted by Gasteiger charge is 2.13. The summed E-state index contributed by atoms with van der Waals surface area (Å²) in [4.78, 5) is 22.6. The molecular weight excluding hydrogens is 224 g/mol. The molecule has 0 atom stereocenters. The summed E-state index contributed by atoms with van der Waals surface area (Å²) in [5, 5.41) is 2.40. The van der Waals surface area contributed by atoms with Gasteiger partial charge in [0.25, 0.3) is 5.91 Å². The molecule has 0 saturated carbocycles. The topological polar surface area (TPSA) is 90.7 Å². The zero-order chi connectivity index (χ0) is 12.8. The summed E-state index contributed by atoms with van der Waals surface area (Å²) in [6.45, 7) is -0.201. The van der Waals surface area contributed by atoms with Gasteiger partial charge in [0, 0.05) is 5.69 Å². The third-order valence-electron chi connectivity index (χ3n) is 2.09. The fourth-order valence-electron chi connectivity index (χ4n) is 1.22. The van der Waals surface area contributed by atoms with Crippen molar-refractivity contribution in [3.05, 3.63) is 23.8 Å². The van der Waals surface area contributed by atoms with Crippen molar-refractivity contribution in [2.75, 3.05) is 26.5 Å². The Morgan fingerprint density at radius 2 is 2.06 bits per heavy atom. The van der Waals surface area contributed by atoms with Crippen LogP contribution >= 0.6 is 0 Å². The molecule has 0 heterocycles. The van der Waals surface area contributed by atoms with Gasteiger partial charge >= 0.3 is 5.97 Å². The van der Waals surface area contributed by atoms with Crippen LogP contribution in [0, 0.1) is 0 Å². The van der Waals surface area contributed by atoms with Crippen molar-refractivity contribution in [2.24, 2.45) is 0 Å². The highest BCUT2D eigenvalue weighted by Crippen LogP contribution is 2.20. The lowest BCUT2D eigenvalue weighted by molar-refractivity contribution is -0.139. The molecule has 0 spiro atoms. The van der Waals surface area contributed by atoms with Crippen LogP contribution in [-0.4, -0.2) is 32.6 Å². The van der Waals surface area contributed by atoms with Gasteiger partial charge in [0.05, 0.1) is 19.8 Å². The SMILES string of the molecule is COC(=O)CNC(=O)c1cc(N)ccc1OC. The smallest absolute Gasteiger partial charge is 0.325 e. The molecule has 0 aliphatic heterocycles. The predicted octanol–water partition coefficient (Wildman–Crippen LogP) is 0.180. The van der Waals surface area contributed by atoms with Crippen LogP contribution in [0.1, 0.15) is 10.4 Å². The van der Waals surface area contributed by atoms with Crippen molar-refractivity contribution in [3.63, 3.8) is 0 Å². The standard InChI is InChI=1S/C11H14N2O4/c1-16-9-4-3-7(12)5-8(9)11(15)13-6-10(14)17-2/h3-5H,6,12H2,1-2H3,(H,13,15). The Balaban J connectivity index is 2.80. The Bertz CT molecular complexity index is 431. The Morgan fingerprint density at radius 3 is 2.65 bits per heavy atom. The fourth-order valence-corrected chi connectivity index (χ4v) is 1.22. The number of hydrogen-bond acceptors (Lipinski definition) is 5. The van der Waals surface area contributed by atoms with Gasteiger partial charge in [-0.2, -0.15) is 0 Å². The number of nitrogens with one attached hydrogen (secondary N) is 1. The fraction of sp³-hybridized carbons (Fsp3) is 0.273. The van der Waals surface area contributed by atoms with Gasteiger partial charge in [0.15, 0.2) is 0 Å². The van der Waals surface area contributed by atoms with Crippen LogP contribution < -0.4 is 15.8 Å². The van der Waals surface area contributed by atoms with E-state index in [0.29, 0.717) is 11.4 Å². The number of nitrogens with two attached hydrogens (primary N) is 1. The van der Waals surface area contributed by atoms with Gasteiger partial charge in [-0.3, -0.25) is 9.59 Å². The Labute approximate surface area is 98.7 Å². The molecule has 0 aliphatic carbocycles. The second-order valence-corrected chi connectivity index (χ2v) is 3.22. The monoisotopic (exact) mass is 238 g/mol. The number of anilines is 1. The first-order valence-corrected chi connectivity index (χ1v) is 4.87. The minimum atomic E-state index is -0.527. The first-order valence-electron chi connectivity index (χ1n) is 4.87. The van der Waals surface area contributed by atoms with Crippen LogP contribution in [0.25, 0.3) is 0 Å². The maximum absolute atomic E-state index is 11.7. The summed E-state index contributed by atoms with van der Waals surface area (Å²) < 4.78 is 9.43. The van der Waals surface area contributed by atoms with Crippen LogP contribution in [0.3, 0.4) is 0 Å². The largest absolute Gasteiger partial charge is 0.496 e. The second-order valence-electron chi connectivity index (χ2n) is 3.22. The molecule has 6 heteroatoms. The summed E-state index contributed by atoms with van der Waals surface area (Å²) in [7, 11) is 2.69. The van der Waals surface area contributed by atoms with Crippen molar-refractivity contribution >= 4 is 17.6 Å². The normalized spacial score (nSPS) is 9.53. The van der Waals surface area contributed by atoms with Crippen molar-refractivity contribution in [3.8, 4) is 5.75 Å². The summed E-state index contributed by atoms with van der Waals surface area (Å²) in [5.41, 5.74) is 6.29. The average Bonchev–Trinajstić information content (AvgIpc) is 2.35. The van der Waals surface area contributed by atoms with E-state index in [1.54, 1.807) is 12.1 Å². The second kappa shape index (κ2) is 5.74. The van der Waals surface area contributed by atoms with Crippen molar-refractivity contribution in [1.82, 2.24) is 5.32 Å². The lowest BCUT2D eigenvalue weighted by Gasteiger charge is -2.09. The summed E-state index contributed by atoms with van der Waals surface area (Å²) in [6.07, 6.45) is 0. The minimum absolute atomic E-state index is 0.201. The number of hydrogen-bond donors (Lipinski definition) is 2. The van der Waals surface area contributed by atoms with Gasteiger partial charge in [0.2, 0.25) is 0 Å². The van der Waals surface area contributed by atoms with Crippen LogP contribution in [-0.2, 0) is 9.53 Å². The molecule has 1 rings (SSSR count). The van der Waals surface area contributed by atoms with Gasteiger partial charge in [-0.1, -0.05) is 0 Å². The van der Waals surface area contributed by atoms with E-state index in [9.17, 15) is 9.59 Å². The van der Waals surface area contributed by atoms with Gasteiger partial charge in [-0.15, -0.1) is 0 Å². The Morgan fingerprint density at radius 1 is 1.35 bits per heavy atom. The summed E-state index contributed by atoms with van der Waals surface area (Å²) in [5.74, 6) is -0.581. The molecule has 1 aromatic rings. The van der Waals surface area contributed by atoms with E-state index in [0.717, 1.165) is 0 Å². The molecule has 0 bridgehead atoms. The molecule has 0 radical (unpaired) electrons. The number of nitrogen functional groups attached to an aromatic ring is 1. The number of carbonyl (C=O) groups excluding carboxylic acids is 2. The number of esters is 1. The van der Waals surface area contributed by atoms with E-state index in [1.165, 1.54) is 20.3 Å². The van der Waals surface area contributed by atoms with Crippen LogP contribution in [0.2, 0.25) is 0 Å². The third-order valence-corrected chi connectivity index (χ3v) is 2.09. The first-order chi connectivity index (χ1) is 8.08. The van der Waals surface area contributed by atoms with E-state index >= 15 is 0 Å². The number of benzene rings is 1. The lowest BCUT2D eigenvalue weighted by Crippen LogP contribution is -2.30. The first kappa shape index (κ1) is 12.8. The molecule has 1 aromatic carbocycles. The minimum Gasteiger partial charge on any atom is -0.496 e. The van der Waals surface area contributed by atoms with Crippen molar-refractivity contribution in [1.29, 1.82) is 0 Å². The van der Waals surface area contributed by atoms with Gasteiger partial charge in [0.1, 0.15) is 12.3 Å². The lowest BCUT2D eigenvalue weighted by atomic mass is 10.1. The molecule has 92 valence electrons. The molecule has 0 unspecified atom stereocenters. The van der Waals surface area contributed by atoms with Gasteiger partial charge < -0.3 is 20.5 Å². The average molecular weight is 238 g/mol. The summed E-state index contributed by atoms with van der Waals surface area (Å²) >= 11 is 0. The number of ether oxygens (including phenoxy) is 2. The molecular formula is C11H14N2O4. The summed E-state index contributed by atoms with van der Waals surface area (Å²) in [6, 6.07) is 4.68. The van der Waals surface area contributed by atoms with E-state index in [4.69, 9.17) is 10.5 Å². The maximum atomic E-state index is 11.7. The number of amides is 1. The predicted molar refractivity (Wildman–Crippen MR) is 61.8 cm³/mol. The van der Waals surface area contributed by atoms with E-state index in [2.05, 4.69) is 10.1 Å². The van der Waals surface area contributed by atoms with E-state index in [1.807, 2.05) is 0 Å². The number of carbonyl (C=O) groups is 2. The molecule has 0 fully saturated rings. The molecule has 0 saturated heterocycles. The maximum Gasteiger partial charge on any atom is 0.325 e. The van der Waals surface area contributed by atoms with Crippen molar-refractivity contribution < 1.29 is 19.1 Å². The van der Waals surface area contributed by atoms with Crippen LogP contribution in [0.15, 0.2) is 18.2 Å². The highest BCUT2D eigenvalue weighted by molar-refractivity contribution is 5.99. The van der Waals surface area contributed by atoms with Crippen molar-refractivity contribution in [2.45, 2.75) is 0 Å². The van der Waals surface area contributed by atoms with E-state index in [-0.39, 0.29) is 12.1 Å². The van der Waals surface area contributed by atoms with Gasteiger partial charge in [-0.25, -0.2) is 0 Å². The third kappa shape index (κ3) is 3.37. The molecule has 3 N–H and O–H groups in total. The molecule has 6 nitrogen and oxygen atoms in total. The number of methoxy groups -OCH3 is 2.